The van der Waals surface area contributed by atoms with E-state index in [-0.39, 0.29) is 13.3 Å². The summed E-state index contributed by atoms with van der Waals surface area (Å²) in [6, 6.07) is 9.61. The van der Waals surface area contributed by atoms with E-state index in [2.05, 4.69) is 20.6 Å². The summed E-state index contributed by atoms with van der Waals surface area (Å²) in [5.74, 6) is 1.56. The third-order valence-corrected chi connectivity index (χ3v) is 6.25. The van der Waals surface area contributed by atoms with Gasteiger partial charge in [-0.2, -0.15) is 0 Å². The van der Waals surface area contributed by atoms with Crippen LogP contribution in [0, 0.1) is 6.92 Å². The lowest BCUT2D eigenvalue weighted by Crippen LogP contribution is -2.46. The number of methoxy groups -OCH3 is 1. The second kappa shape index (κ2) is 13.0. The fraction of sp³-hybridized carbons (Fsp3) is 0.348. The van der Waals surface area contributed by atoms with Crippen molar-refractivity contribution in [3.8, 4) is 5.75 Å². The fourth-order valence-electron chi connectivity index (χ4n) is 3.09. The zero-order chi connectivity index (χ0) is 22.1. The molecule has 0 aliphatic carbocycles. The maximum Gasteiger partial charge on any atom is 0.257 e. The summed E-state index contributed by atoms with van der Waals surface area (Å²) in [4.78, 5) is 23.8. The molecule has 0 spiro atoms. The molecule has 172 valence electrons. The van der Waals surface area contributed by atoms with Crippen LogP contribution in [-0.4, -0.2) is 60.3 Å². The Bertz CT molecular complexity index is 962. The Morgan fingerprint density at radius 2 is 2.00 bits per heavy atom. The molecule has 4 rings (SSSR count). The lowest BCUT2D eigenvalue weighted by atomic mass is 10.1. The van der Waals surface area contributed by atoms with E-state index in [4.69, 9.17) is 4.74 Å². The van der Waals surface area contributed by atoms with Gasteiger partial charge in [0.15, 0.2) is 5.13 Å². The molecule has 0 radical (unpaired) electrons. The van der Waals surface area contributed by atoms with Gasteiger partial charge in [0, 0.05) is 48.8 Å². The predicted octanol–water partition coefficient (Wildman–Crippen LogP) is 4.69. The first-order valence-corrected chi connectivity index (χ1v) is 12.0. The normalized spacial score (nSPS) is 12.8. The minimum atomic E-state index is 0. The second-order valence-corrected chi connectivity index (χ2v) is 8.48. The van der Waals surface area contributed by atoms with Crippen LogP contribution in [0.15, 0.2) is 53.0 Å². The Balaban J connectivity index is 0.000000241. The first-order valence-electron chi connectivity index (χ1n) is 9.92. The summed E-state index contributed by atoms with van der Waals surface area (Å²) in [5.41, 5.74) is 1.81. The molecule has 0 unspecified atom stereocenters. The van der Waals surface area contributed by atoms with Gasteiger partial charge in [0.25, 0.3) is 5.91 Å². The number of nitrogens with one attached hydrogen (secondary N) is 2. The average molecular weight is 474 g/mol. The van der Waals surface area contributed by atoms with Gasteiger partial charge in [-0.1, -0.05) is 13.5 Å². The summed E-state index contributed by atoms with van der Waals surface area (Å²) in [5, 5.41) is 9.12. The lowest BCUT2D eigenvalue weighted by Gasteiger charge is -2.28. The van der Waals surface area contributed by atoms with E-state index in [0.717, 1.165) is 47.6 Å². The van der Waals surface area contributed by atoms with Crippen molar-refractivity contribution in [3.05, 3.63) is 59.2 Å². The van der Waals surface area contributed by atoms with Crippen LogP contribution in [0.25, 0.3) is 0 Å². The standard InChI is InChI=1S/C14H20N2O2S.C8H7N3S.CH4/c1-10-8-12(18-2)11(9-13(10)19-3)14(17)16-6-4-15-5-7-16;1-2-4-9-7(3-1)11-8-10-5-6-12-8;/h8-9,15H,4-7H2,1-3H3;1-6H,(H,9,10,11);1H4. The second-order valence-electron chi connectivity index (χ2n) is 6.74. The SMILES string of the molecule is C.COc1cc(C)c(SC)cc1C(=O)N1CCNCC1.c1ccc(Nc2nccs2)nc1. The topological polar surface area (TPSA) is 79.4 Å². The highest BCUT2D eigenvalue weighted by Gasteiger charge is 2.22. The molecule has 3 aromatic rings. The molecular weight excluding hydrogens is 442 g/mol. The Morgan fingerprint density at radius 3 is 2.59 bits per heavy atom. The Morgan fingerprint density at radius 1 is 1.22 bits per heavy atom. The summed E-state index contributed by atoms with van der Waals surface area (Å²) in [6.07, 6.45) is 5.53. The third kappa shape index (κ3) is 6.94. The predicted molar refractivity (Wildman–Crippen MR) is 135 cm³/mol. The van der Waals surface area contributed by atoms with Crippen LogP contribution in [0.2, 0.25) is 0 Å². The van der Waals surface area contributed by atoms with Crippen LogP contribution in [0.4, 0.5) is 10.9 Å². The highest BCUT2D eigenvalue weighted by atomic mass is 32.2. The molecule has 1 amide bonds. The molecule has 0 saturated carbocycles. The number of hydrogen-bond donors (Lipinski definition) is 2. The van der Waals surface area contributed by atoms with Gasteiger partial charge in [-0.3, -0.25) is 4.79 Å². The van der Waals surface area contributed by atoms with E-state index >= 15 is 0 Å². The van der Waals surface area contributed by atoms with E-state index in [9.17, 15) is 4.79 Å². The summed E-state index contributed by atoms with van der Waals surface area (Å²) in [6.45, 7) is 5.26. The largest absolute Gasteiger partial charge is 0.496 e. The number of hydrogen-bond acceptors (Lipinski definition) is 8. The molecule has 1 saturated heterocycles. The highest BCUT2D eigenvalue weighted by Crippen LogP contribution is 2.29. The molecule has 1 fully saturated rings. The number of benzene rings is 1. The number of aryl methyl sites for hydroxylation is 1. The smallest absolute Gasteiger partial charge is 0.257 e. The van der Waals surface area contributed by atoms with Gasteiger partial charge in [-0.15, -0.1) is 23.1 Å². The number of pyridine rings is 1. The molecule has 0 bridgehead atoms. The van der Waals surface area contributed by atoms with Crippen molar-refractivity contribution in [1.29, 1.82) is 0 Å². The quantitative estimate of drug-likeness (QED) is 0.521. The molecule has 1 aromatic carbocycles. The number of rotatable bonds is 5. The van der Waals surface area contributed by atoms with Crippen molar-refractivity contribution >= 4 is 40.0 Å². The van der Waals surface area contributed by atoms with Gasteiger partial charge >= 0.3 is 0 Å². The van der Waals surface area contributed by atoms with Crippen molar-refractivity contribution in [2.45, 2.75) is 19.2 Å². The number of aromatic nitrogens is 2. The third-order valence-electron chi connectivity index (χ3n) is 4.68. The minimum Gasteiger partial charge on any atom is -0.496 e. The van der Waals surface area contributed by atoms with Crippen molar-refractivity contribution in [3.63, 3.8) is 0 Å². The molecule has 1 aliphatic heterocycles. The Hall–Kier alpha value is -2.62. The molecule has 1 aliphatic rings. The first kappa shape index (κ1) is 25.6. The monoisotopic (exact) mass is 473 g/mol. The van der Waals surface area contributed by atoms with Gasteiger partial charge < -0.3 is 20.3 Å². The van der Waals surface area contributed by atoms with Crippen LogP contribution < -0.4 is 15.4 Å². The summed E-state index contributed by atoms with van der Waals surface area (Å²) < 4.78 is 5.37. The Kier molecular flexibility index (Phi) is 10.5. The molecule has 32 heavy (non-hydrogen) atoms. The molecule has 2 aromatic heterocycles. The average Bonchev–Trinajstić information content (AvgIpc) is 3.33. The molecule has 7 nitrogen and oxygen atoms in total. The molecular formula is C23H31N5O2S2. The number of piperazine rings is 1. The van der Waals surface area contributed by atoms with Crippen LogP contribution >= 0.6 is 23.1 Å². The summed E-state index contributed by atoms with van der Waals surface area (Å²) in [7, 11) is 1.61. The van der Waals surface area contributed by atoms with E-state index in [1.54, 1.807) is 42.6 Å². The number of amides is 1. The molecule has 2 N–H and O–H groups in total. The molecule has 3 heterocycles. The van der Waals surface area contributed by atoms with Gasteiger partial charge in [0.2, 0.25) is 0 Å². The zero-order valence-corrected chi connectivity index (χ0v) is 19.6. The zero-order valence-electron chi connectivity index (χ0n) is 17.9. The van der Waals surface area contributed by atoms with Gasteiger partial charge in [-0.05, 0) is 43.0 Å². The van der Waals surface area contributed by atoms with Gasteiger partial charge in [0.1, 0.15) is 11.6 Å². The van der Waals surface area contributed by atoms with E-state index in [0.29, 0.717) is 11.3 Å². The van der Waals surface area contributed by atoms with Crippen molar-refractivity contribution in [1.82, 2.24) is 20.2 Å². The fourth-order valence-corrected chi connectivity index (χ4v) is 4.24. The van der Waals surface area contributed by atoms with Gasteiger partial charge in [-0.25, -0.2) is 9.97 Å². The van der Waals surface area contributed by atoms with Crippen molar-refractivity contribution < 1.29 is 9.53 Å². The number of anilines is 2. The van der Waals surface area contributed by atoms with Gasteiger partial charge in [0.05, 0.1) is 12.7 Å². The number of carbonyl (C=O) groups is 1. The Labute approximate surface area is 198 Å². The molecule has 9 heteroatoms. The number of thiazole rings is 1. The maximum atomic E-state index is 12.6. The molecule has 0 atom stereocenters. The van der Waals surface area contributed by atoms with Crippen molar-refractivity contribution in [2.24, 2.45) is 0 Å². The first-order chi connectivity index (χ1) is 15.1. The maximum absolute atomic E-state index is 12.6. The lowest BCUT2D eigenvalue weighted by molar-refractivity contribution is 0.0732. The number of carbonyl (C=O) groups excluding carboxylic acids is 1. The van der Waals surface area contributed by atoms with Crippen LogP contribution in [0.5, 0.6) is 5.75 Å². The number of nitrogens with zero attached hydrogens (tertiary/aromatic N) is 3. The number of ether oxygens (including phenoxy) is 1. The van der Waals surface area contributed by atoms with E-state index < -0.39 is 0 Å². The minimum absolute atomic E-state index is 0. The van der Waals surface area contributed by atoms with Crippen LogP contribution in [-0.2, 0) is 0 Å². The van der Waals surface area contributed by atoms with Crippen LogP contribution in [0.3, 0.4) is 0 Å². The van der Waals surface area contributed by atoms with E-state index in [1.165, 1.54) is 0 Å². The number of thioether (sulfide) groups is 1. The highest BCUT2D eigenvalue weighted by molar-refractivity contribution is 7.98. The summed E-state index contributed by atoms with van der Waals surface area (Å²) >= 11 is 3.21. The van der Waals surface area contributed by atoms with Crippen molar-refractivity contribution in [2.75, 3.05) is 44.9 Å². The van der Waals surface area contributed by atoms with Crippen LogP contribution in [0.1, 0.15) is 23.3 Å². The van der Waals surface area contributed by atoms with E-state index in [1.807, 2.05) is 53.8 Å².